The van der Waals surface area contributed by atoms with Crippen LogP contribution in [-0.4, -0.2) is 39.1 Å². The fourth-order valence-corrected chi connectivity index (χ4v) is 2.30. The van der Waals surface area contributed by atoms with E-state index < -0.39 is 17.8 Å². The zero-order chi connectivity index (χ0) is 15.7. The lowest BCUT2D eigenvalue weighted by Crippen LogP contribution is -2.33. The van der Waals surface area contributed by atoms with Crippen molar-refractivity contribution in [1.29, 1.82) is 0 Å². The van der Waals surface area contributed by atoms with Gasteiger partial charge in [-0.3, -0.25) is 9.59 Å². The first-order valence-corrected chi connectivity index (χ1v) is 7.41. The van der Waals surface area contributed by atoms with E-state index in [4.69, 9.17) is 4.84 Å². The smallest absolute Gasteiger partial charge is 0.321 e. The molecule has 2 heterocycles. The molecule has 0 spiro atoms. The average Bonchev–Trinajstić information content (AvgIpc) is 2.80. The zero-order valence-electron chi connectivity index (χ0n) is 11.3. The van der Waals surface area contributed by atoms with Crippen LogP contribution in [0, 0.1) is 0 Å². The van der Waals surface area contributed by atoms with Crippen LogP contribution in [0.15, 0.2) is 41.6 Å². The van der Waals surface area contributed by atoms with E-state index in [-0.39, 0.29) is 17.0 Å². The predicted octanol–water partition coefficient (Wildman–Crippen LogP) is 1.57. The highest BCUT2D eigenvalue weighted by molar-refractivity contribution is 7.98. The van der Waals surface area contributed by atoms with Crippen molar-refractivity contribution < 1.29 is 19.2 Å². The van der Waals surface area contributed by atoms with Gasteiger partial charge in [-0.15, -0.1) is 11.8 Å². The van der Waals surface area contributed by atoms with Crippen LogP contribution in [-0.2, 0) is 4.84 Å². The van der Waals surface area contributed by atoms with Crippen molar-refractivity contribution in [2.24, 2.45) is 0 Å². The molecule has 1 aromatic heterocycles. The molecule has 0 unspecified atom stereocenters. The summed E-state index contributed by atoms with van der Waals surface area (Å²) in [6.45, 7) is 0. The summed E-state index contributed by atoms with van der Waals surface area (Å²) in [6.07, 6.45) is 3.19. The second-order valence-corrected chi connectivity index (χ2v) is 5.08. The Morgan fingerprint density at radius 2 is 1.77 bits per heavy atom. The molecule has 0 bridgehead atoms. The Hall–Kier alpha value is -2.74. The van der Waals surface area contributed by atoms with Gasteiger partial charge in [0, 0.05) is 6.20 Å². The lowest BCUT2D eigenvalue weighted by atomic mass is 10.1. The maximum absolute atomic E-state index is 12.1. The summed E-state index contributed by atoms with van der Waals surface area (Å²) in [5.41, 5.74) is 0.387. The van der Waals surface area contributed by atoms with Gasteiger partial charge in [0.15, 0.2) is 0 Å². The Balaban J connectivity index is 1.84. The van der Waals surface area contributed by atoms with Crippen LogP contribution in [0.5, 0.6) is 0 Å². The summed E-state index contributed by atoms with van der Waals surface area (Å²) in [6, 6.07) is 7.87. The van der Waals surface area contributed by atoms with E-state index >= 15 is 0 Å². The van der Waals surface area contributed by atoms with E-state index in [1.54, 1.807) is 24.5 Å². The molecule has 2 amide bonds. The van der Waals surface area contributed by atoms with Crippen molar-refractivity contribution in [3.63, 3.8) is 0 Å². The fourth-order valence-electron chi connectivity index (χ4n) is 1.93. The maximum Gasteiger partial charge on any atom is 0.401 e. The quantitative estimate of drug-likeness (QED) is 0.482. The van der Waals surface area contributed by atoms with Gasteiger partial charge in [-0.25, -0.2) is 14.8 Å². The van der Waals surface area contributed by atoms with E-state index in [9.17, 15) is 14.4 Å². The molecule has 3 rings (SSSR count). The van der Waals surface area contributed by atoms with E-state index in [0.29, 0.717) is 10.1 Å². The summed E-state index contributed by atoms with van der Waals surface area (Å²) in [7, 11) is 0. The van der Waals surface area contributed by atoms with Crippen LogP contribution in [0.2, 0.25) is 0 Å². The van der Waals surface area contributed by atoms with Gasteiger partial charge in [-0.05, 0) is 24.5 Å². The maximum atomic E-state index is 12.1. The molecule has 110 valence electrons. The Kier molecular flexibility index (Phi) is 3.60. The minimum atomic E-state index is -0.967. The van der Waals surface area contributed by atoms with E-state index in [0.717, 1.165) is 0 Å². The van der Waals surface area contributed by atoms with Gasteiger partial charge in [-0.1, -0.05) is 17.2 Å². The van der Waals surface area contributed by atoms with E-state index in [1.165, 1.54) is 30.1 Å². The molecular weight excluding hydrogens is 306 g/mol. The van der Waals surface area contributed by atoms with E-state index in [2.05, 4.69) is 9.97 Å². The number of aromatic nitrogens is 2. The average molecular weight is 315 g/mol. The minimum Gasteiger partial charge on any atom is -0.321 e. The number of amides is 2. The number of carbonyl (C=O) groups excluding carboxylic acids is 3. The molecule has 0 aliphatic carbocycles. The third-order valence-electron chi connectivity index (χ3n) is 2.95. The number of fused-ring (bicyclic) bond motifs is 1. The number of nitrogens with zero attached hydrogens (tertiary/aromatic N) is 3. The number of rotatable bonds is 3. The third kappa shape index (κ3) is 2.33. The Labute approximate surface area is 129 Å². The topological polar surface area (TPSA) is 89.5 Å². The molecule has 0 saturated heterocycles. The summed E-state index contributed by atoms with van der Waals surface area (Å²) < 4.78 is 0. The van der Waals surface area contributed by atoms with Crippen LogP contribution in [0.3, 0.4) is 0 Å². The number of thioether (sulfide) groups is 1. The molecule has 0 atom stereocenters. The molecule has 1 aliphatic heterocycles. The summed E-state index contributed by atoms with van der Waals surface area (Å²) in [5.74, 6) is -2.56. The first-order chi connectivity index (χ1) is 10.6. The standard InChI is InChI=1S/C14H9N3O4S/c1-22-10-6-7-15-11(16-10)14(20)21-17-12(18)8-4-2-3-5-9(8)13(17)19/h2-7H,1H3. The van der Waals surface area contributed by atoms with Crippen LogP contribution in [0.4, 0.5) is 0 Å². The number of carbonyl (C=O) groups is 3. The van der Waals surface area contributed by atoms with Gasteiger partial charge in [0.05, 0.1) is 11.1 Å². The highest BCUT2D eigenvalue weighted by Gasteiger charge is 2.39. The number of hydrogen-bond donors (Lipinski definition) is 0. The number of imide groups is 1. The minimum absolute atomic E-state index is 0.194. The lowest BCUT2D eigenvalue weighted by molar-refractivity contribution is -0.0593. The molecule has 0 saturated carbocycles. The van der Waals surface area contributed by atoms with Crippen LogP contribution in [0.25, 0.3) is 0 Å². The molecule has 0 radical (unpaired) electrons. The largest absolute Gasteiger partial charge is 0.401 e. The summed E-state index contributed by atoms with van der Waals surface area (Å²) in [4.78, 5) is 48.8. The van der Waals surface area contributed by atoms with Gasteiger partial charge >= 0.3 is 5.97 Å². The summed E-state index contributed by atoms with van der Waals surface area (Å²) >= 11 is 1.33. The Bertz CT molecular complexity index is 758. The molecular formula is C14H9N3O4S. The van der Waals surface area contributed by atoms with Crippen LogP contribution < -0.4 is 0 Å². The first kappa shape index (κ1) is 14.2. The second kappa shape index (κ2) is 5.57. The van der Waals surface area contributed by atoms with Crippen LogP contribution >= 0.6 is 11.8 Å². The number of hydroxylamine groups is 2. The molecule has 0 fully saturated rings. The normalized spacial score (nSPS) is 13.2. The van der Waals surface area contributed by atoms with Crippen molar-refractivity contribution in [1.82, 2.24) is 15.0 Å². The highest BCUT2D eigenvalue weighted by atomic mass is 32.2. The monoisotopic (exact) mass is 315 g/mol. The fraction of sp³-hybridized carbons (Fsp3) is 0.0714. The molecule has 2 aromatic rings. The second-order valence-electron chi connectivity index (χ2n) is 4.25. The van der Waals surface area contributed by atoms with Gasteiger partial charge in [-0.2, -0.15) is 0 Å². The van der Waals surface area contributed by atoms with Crippen molar-refractivity contribution in [2.45, 2.75) is 5.03 Å². The van der Waals surface area contributed by atoms with Crippen molar-refractivity contribution >= 4 is 29.5 Å². The number of hydrogen-bond acceptors (Lipinski definition) is 7. The van der Waals surface area contributed by atoms with E-state index in [1.807, 2.05) is 0 Å². The van der Waals surface area contributed by atoms with Crippen molar-refractivity contribution in [2.75, 3.05) is 6.26 Å². The molecule has 1 aliphatic rings. The third-order valence-corrected chi connectivity index (χ3v) is 3.60. The molecule has 22 heavy (non-hydrogen) atoms. The first-order valence-electron chi connectivity index (χ1n) is 6.19. The van der Waals surface area contributed by atoms with Gasteiger partial charge < -0.3 is 4.84 Å². The van der Waals surface area contributed by atoms with Crippen LogP contribution in [0.1, 0.15) is 31.3 Å². The molecule has 0 N–H and O–H groups in total. The zero-order valence-corrected chi connectivity index (χ0v) is 12.2. The lowest BCUT2D eigenvalue weighted by Gasteiger charge is -2.11. The predicted molar refractivity (Wildman–Crippen MR) is 76.2 cm³/mol. The molecule has 1 aromatic carbocycles. The SMILES string of the molecule is CSc1ccnc(C(=O)ON2C(=O)c3ccccc3C2=O)n1. The van der Waals surface area contributed by atoms with Gasteiger partial charge in [0.2, 0.25) is 5.82 Å². The van der Waals surface area contributed by atoms with Crippen molar-refractivity contribution in [3.05, 3.63) is 53.5 Å². The highest BCUT2D eigenvalue weighted by Crippen LogP contribution is 2.23. The Morgan fingerprint density at radius 3 is 2.36 bits per heavy atom. The molecule has 7 nitrogen and oxygen atoms in total. The summed E-state index contributed by atoms with van der Waals surface area (Å²) in [5, 5.41) is 1.01. The molecule has 8 heteroatoms. The number of benzene rings is 1. The van der Waals surface area contributed by atoms with Gasteiger partial charge in [0.1, 0.15) is 5.03 Å². The van der Waals surface area contributed by atoms with Crippen molar-refractivity contribution in [3.8, 4) is 0 Å². The van der Waals surface area contributed by atoms with Gasteiger partial charge in [0.25, 0.3) is 11.8 Å². The Morgan fingerprint density at radius 1 is 1.14 bits per heavy atom.